The maximum Gasteiger partial charge on any atom is 0.256 e. The van der Waals surface area contributed by atoms with E-state index in [9.17, 15) is 20.0 Å². The Hall–Kier alpha value is -2.59. The minimum absolute atomic E-state index is 0.00362. The molecule has 2 fully saturated rings. The van der Waals surface area contributed by atoms with Crippen molar-refractivity contribution in [2.45, 2.75) is 63.0 Å². The van der Waals surface area contributed by atoms with E-state index in [0.29, 0.717) is 43.6 Å². The van der Waals surface area contributed by atoms with E-state index in [1.165, 1.54) is 0 Å². The highest BCUT2D eigenvalue weighted by Gasteiger charge is 2.32. The lowest BCUT2D eigenvalue weighted by molar-refractivity contribution is -0.120. The van der Waals surface area contributed by atoms with Crippen molar-refractivity contribution >= 4 is 17.5 Å². The monoisotopic (exact) mass is 398 g/mol. The molecule has 1 aliphatic heterocycles. The average Bonchev–Trinajstić information content (AvgIpc) is 2.98. The number of nitrogens with one attached hydrogen (secondary N) is 2. The van der Waals surface area contributed by atoms with Crippen LogP contribution in [0, 0.1) is 11.3 Å². The SMILES string of the molecule is N#CC1(NC(=O)CNc2ccccc2C(=O)N2CCC[C@@H](O)C2)CCCCCC1. The van der Waals surface area contributed by atoms with Gasteiger partial charge in [0.2, 0.25) is 5.91 Å². The van der Waals surface area contributed by atoms with Crippen molar-refractivity contribution in [3.05, 3.63) is 29.8 Å². The van der Waals surface area contributed by atoms with Gasteiger partial charge in [-0.15, -0.1) is 0 Å². The Morgan fingerprint density at radius 1 is 1.17 bits per heavy atom. The van der Waals surface area contributed by atoms with Crippen molar-refractivity contribution in [3.63, 3.8) is 0 Å². The Morgan fingerprint density at radius 3 is 2.59 bits per heavy atom. The number of benzene rings is 1. The van der Waals surface area contributed by atoms with Crippen LogP contribution in [0.25, 0.3) is 0 Å². The first-order valence-corrected chi connectivity index (χ1v) is 10.6. The van der Waals surface area contributed by atoms with Crippen LogP contribution in [-0.4, -0.2) is 53.1 Å². The van der Waals surface area contributed by atoms with E-state index in [1.807, 2.05) is 6.07 Å². The molecule has 2 amide bonds. The van der Waals surface area contributed by atoms with Gasteiger partial charge in [0.25, 0.3) is 5.91 Å². The summed E-state index contributed by atoms with van der Waals surface area (Å²) in [6, 6.07) is 9.41. The second kappa shape index (κ2) is 9.75. The molecule has 1 saturated carbocycles. The molecule has 2 aliphatic rings. The molecule has 0 spiro atoms. The summed E-state index contributed by atoms with van der Waals surface area (Å²) in [5.74, 6) is -0.395. The van der Waals surface area contributed by atoms with E-state index in [1.54, 1.807) is 23.1 Å². The Bertz CT molecular complexity index is 766. The van der Waals surface area contributed by atoms with E-state index in [2.05, 4.69) is 16.7 Å². The largest absolute Gasteiger partial charge is 0.391 e. The predicted octanol–water partition coefficient (Wildman–Crippen LogP) is 2.43. The van der Waals surface area contributed by atoms with Crippen molar-refractivity contribution in [2.75, 3.05) is 25.0 Å². The molecule has 1 heterocycles. The van der Waals surface area contributed by atoms with Crippen LogP contribution < -0.4 is 10.6 Å². The quantitative estimate of drug-likeness (QED) is 0.661. The molecule has 1 atom stereocenters. The number of nitrogens with zero attached hydrogens (tertiary/aromatic N) is 2. The summed E-state index contributed by atoms with van der Waals surface area (Å²) in [6.07, 6.45) is 6.45. The molecule has 29 heavy (non-hydrogen) atoms. The molecule has 1 aromatic rings. The molecule has 3 rings (SSSR count). The number of aliphatic hydroxyl groups excluding tert-OH is 1. The van der Waals surface area contributed by atoms with Crippen LogP contribution >= 0.6 is 0 Å². The van der Waals surface area contributed by atoms with Crippen LogP contribution in [0.15, 0.2) is 24.3 Å². The number of hydrogen-bond acceptors (Lipinski definition) is 5. The number of nitriles is 1. The number of piperidine rings is 1. The van der Waals surface area contributed by atoms with Gasteiger partial charge in [0.1, 0.15) is 5.54 Å². The topological polar surface area (TPSA) is 105 Å². The maximum absolute atomic E-state index is 12.9. The van der Waals surface area contributed by atoms with Gasteiger partial charge in [-0.2, -0.15) is 5.26 Å². The summed E-state index contributed by atoms with van der Waals surface area (Å²) >= 11 is 0. The minimum atomic E-state index is -0.783. The van der Waals surface area contributed by atoms with Crippen LogP contribution in [0.3, 0.4) is 0 Å². The molecule has 0 bridgehead atoms. The normalized spacial score (nSPS) is 21.5. The average molecular weight is 399 g/mol. The first kappa shape index (κ1) is 21.1. The molecule has 0 aromatic heterocycles. The Balaban J connectivity index is 1.63. The van der Waals surface area contributed by atoms with E-state index in [0.717, 1.165) is 32.1 Å². The van der Waals surface area contributed by atoms with Gasteiger partial charge in [-0.05, 0) is 37.8 Å². The fourth-order valence-electron chi connectivity index (χ4n) is 4.22. The number of amides is 2. The summed E-state index contributed by atoms with van der Waals surface area (Å²) in [4.78, 5) is 27.1. The predicted molar refractivity (Wildman–Crippen MR) is 110 cm³/mol. The van der Waals surface area contributed by atoms with Crippen molar-refractivity contribution in [1.29, 1.82) is 5.26 Å². The second-order valence-corrected chi connectivity index (χ2v) is 8.10. The zero-order chi connectivity index (χ0) is 20.7. The van der Waals surface area contributed by atoms with Gasteiger partial charge in [0.15, 0.2) is 0 Å². The van der Waals surface area contributed by atoms with Gasteiger partial charge >= 0.3 is 0 Å². The lowest BCUT2D eigenvalue weighted by Gasteiger charge is -2.30. The number of anilines is 1. The number of carbonyl (C=O) groups is 2. The molecule has 0 unspecified atom stereocenters. The number of likely N-dealkylation sites (tertiary alicyclic amines) is 1. The lowest BCUT2D eigenvalue weighted by atomic mass is 9.92. The Morgan fingerprint density at radius 2 is 1.90 bits per heavy atom. The standard InChI is InChI=1S/C22H30N4O3/c23-16-22(11-5-1-2-6-12-22)25-20(28)14-24-19-10-4-3-9-18(19)21(29)26-13-7-8-17(27)15-26/h3-4,9-10,17,24,27H,1-2,5-8,11-15H2,(H,25,28)/t17-/m1/s1. The molecule has 3 N–H and O–H groups in total. The molecular weight excluding hydrogens is 368 g/mol. The van der Waals surface area contributed by atoms with E-state index in [4.69, 9.17) is 0 Å². The van der Waals surface area contributed by atoms with E-state index < -0.39 is 11.6 Å². The highest BCUT2D eigenvalue weighted by molar-refractivity contribution is 6.00. The number of hydrogen-bond donors (Lipinski definition) is 3. The van der Waals surface area contributed by atoms with Gasteiger partial charge in [-0.1, -0.05) is 37.8 Å². The van der Waals surface area contributed by atoms with Crippen LogP contribution in [0.1, 0.15) is 61.7 Å². The molecule has 0 radical (unpaired) electrons. The maximum atomic E-state index is 12.9. The first-order valence-electron chi connectivity index (χ1n) is 10.6. The first-order chi connectivity index (χ1) is 14.0. The molecule has 156 valence electrons. The number of aliphatic hydroxyl groups is 1. The third kappa shape index (κ3) is 5.48. The Labute approximate surface area is 172 Å². The molecule has 1 saturated heterocycles. The van der Waals surface area contributed by atoms with Crippen LogP contribution in [0.5, 0.6) is 0 Å². The van der Waals surface area contributed by atoms with E-state index in [-0.39, 0.29) is 18.4 Å². The van der Waals surface area contributed by atoms with Crippen LogP contribution in [-0.2, 0) is 4.79 Å². The summed E-state index contributed by atoms with van der Waals surface area (Å²) in [5.41, 5.74) is 0.285. The van der Waals surface area contributed by atoms with Crippen LogP contribution in [0.2, 0.25) is 0 Å². The molecule has 7 heteroatoms. The number of para-hydroxylation sites is 1. The van der Waals surface area contributed by atoms with Gasteiger partial charge in [-0.3, -0.25) is 9.59 Å². The zero-order valence-corrected chi connectivity index (χ0v) is 16.8. The van der Waals surface area contributed by atoms with Crippen molar-refractivity contribution in [2.24, 2.45) is 0 Å². The minimum Gasteiger partial charge on any atom is -0.391 e. The summed E-state index contributed by atoms with van der Waals surface area (Å²) < 4.78 is 0. The van der Waals surface area contributed by atoms with Crippen molar-refractivity contribution in [1.82, 2.24) is 10.2 Å². The van der Waals surface area contributed by atoms with Crippen molar-refractivity contribution in [3.8, 4) is 6.07 Å². The zero-order valence-electron chi connectivity index (χ0n) is 16.8. The molecule has 1 aromatic carbocycles. The third-order valence-electron chi connectivity index (χ3n) is 5.83. The molecule has 7 nitrogen and oxygen atoms in total. The van der Waals surface area contributed by atoms with Crippen molar-refractivity contribution < 1.29 is 14.7 Å². The van der Waals surface area contributed by atoms with Gasteiger partial charge in [0, 0.05) is 18.8 Å². The summed E-state index contributed by atoms with van der Waals surface area (Å²) in [5, 5.41) is 25.5. The highest BCUT2D eigenvalue weighted by atomic mass is 16.3. The van der Waals surface area contributed by atoms with Gasteiger partial charge < -0.3 is 20.6 Å². The summed E-state index contributed by atoms with van der Waals surface area (Å²) in [7, 11) is 0. The van der Waals surface area contributed by atoms with Gasteiger partial charge in [-0.25, -0.2) is 0 Å². The molecular formula is C22H30N4O3. The summed E-state index contributed by atoms with van der Waals surface area (Å²) in [6.45, 7) is 0.949. The fourth-order valence-corrected chi connectivity index (χ4v) is 4.22. The number of carbonyl (C=O) groups excluding carboxylic acids is 2. The fraction of sp³-hybridized carbons (Fsp3) is 0.591. The van der Waals surface area contributed by atoms with E-state index >= 15 is 0 Å². The van der Waals surface area contributed by atoms with Gasteiger partial charge in [0.05, 0.1) is 24.3 Å². The Kier molecular flexibility index (Phi) is 7.10. The highest BCUT2D eigenvalue weighted by Crippen LogP contribution is 2.26. The second-order valence-electron chi connectivity index (χ2n) is 8.10. The number of β-amino-alcohol motifs (C(OH)–C–C–N with tert-alkyl or cyclic N) is 1. The number of rotatable bonds is 5. The van der Waals surface area contributed by atoms with Crippen LogP contribution in [0.4, 0.5) is 5.69 Å². The lowest BCUT2D eigenvalue weighted by Crippen LogP contribution is -2.49. The smallest absolute Gasteiger partial charge is 0.256 e. The third-order valence-corrected chi connectivity index (χ3v) is 5.83. The molecule has 1 aliphatic carbocycles.